The topological polar surface area (TPSA) is 76.7 Å². The molecule has 0 aromatic carbocycles. The maximum absolute atomic E-state index is 5.92. The van der Waals surface area contributed by atoms with Gasteiger partial charge in [0.1, 0.15) is 5.82 Å². The Kier molecular flexibility index (Phi) is 3.56. The summed E-state index contributed by atoms with van der Waals surface area (Å²) in [6.45, 7) is 2.47. The van der Waals surface area contributed by atoms with Crippen LogP contribution in [0.1, 0.15) is 17.4 Å². The monoisotopic (exact) mass is 297 g/mol. The average molecular weight is 298 g/mol. The first-order chi connectivity index (χ1) is 9.22. The maximum Gasteiger partial charge on any atom is 0.228 e. The van der Waals surface area contributed by atoms with Crippen LogP contribution in [-0.2, 0) is 12.8 Å². The van der Waals surface area contributed by atoms with E-state index in [4.69, 9.17) is 16.1 Å². The van der Waals surface area contributed by atoms with Crippen molar-refractivity contribution in [3.8, 4) is 0 Å². The van der Waals surface area contributed by atoms with Gasteiger partial charge in [0.05, 0.1) is 10.6 Å². The summed E-state index contributed by atoms with van der Waals surface area (Å²) in [6.07, 6.45) is 1.60. The molecule has 0 radical (unpaired) electrons. The van der Waals surface area contributed by atoms with Crippen LogP contribution in [0.15, 0.2) is 9.42 Å². The first kappa shape index (κ1) is 12.7. The fourth-order valence-electron chi connectivity index (χ4n) is 1.89. The summed E-state index contributed by atoms with van der Waals surface area (Å²) in [5.41, 5.74) is 1.03. The largest absolute Gasteiger partial charge is 0.368 e. The quantitative estimate of drug-likeness (QED) is 0.866. The lowest BCUT2D eigenvalue weighted by Crippen LogP contribution is -2.08. The Morgan fingerprint density at radius 3 is 3.05 bits per heavy atom. The smallest absolute Gasteiger partial charge is 0.228 e. The van der Waals surface area contributed by atoms with Crippen molar-refractivity contribution >= 4 is 29.2 Å². The zero-order chi connectivity index (χ0) is 13.2. The van der Waals surface area contributed by atoms with E-state index >= 15 is 0 Å². The summed E-state index contributed by atoms with van der Waals surface area (Å²) < 4.78 is 5.05. The van der Waals surface area contributed by atoms with Gasteiger partial charge >= 0.3 is 0 Å². The third kappa shape index (κ3) is 2.82. The highest BCUT2D eigenvalue weighted by molar-refractivity contribution is 7.99. The fraction of sp³-hybridized carbons (Fsp3) is 0.455. The van der Waals surface area contributed by atoms with Crippen LogP contribution in [0.4, 0.5) is 5.82 Å². The van der Waals surface area contributed by atoms with E-state index in [2.05, 4.69) is 25.4 Å². The van der Waals surface area contributed by atoms with E-state index in [0.717, 1.165) is 28.6 Å². The molecular weight excluding hydrogens is 286 g/mol. The molecule has 2 aromatic heterocycles. The molecule has 3 rings (SSSR count). The summed E-state index contributed by atoms with van der Waals surface area (Å²) in [4.78, 5) is 13.7. The number of nitrogens with zero attached hydrogens (tertiary/aromatic N) is 4. The zero-order valence-electron chi connectivity index (χ0n) is 10.3. The summed E-state index contributed by atoms with van der Waals surface area (Å²) in [5.74, 6) is 3.10. The van der Waals surface area contributed by atoms with Crippen molar-refractivity contribution in [3.05, 3.63) is 22.7 Å². The average Bonchev–Trinajstić information content (AvgIpc) is 2.98. The lowest BCUT2D eigenvalue weighted by atomic mass is 10.3. The van der Waals surface area contributed by atoms with Crippen molar-refractivity contribution in [3.63, 3.8) is 0 Å². The van der Waals surface area contributed by atoms with Gasteiger partial charge in [-0.25, -0.2) is 4.98 Å². The van der Waals surface area contributed by atoms with Crippen LogP contribution in [0.3, 0.4) is 0 Å². The number of hydrogen-bond donors (Lipinski definition) is 1. The number of aromatic nitrogens is 4. The molecule has 0 saturated heterocycles. The van der Waals surface area contributed by atoms with E-state index in [9.17, 15) is 0 Å². The third-order valence-corrected chi connectivity index (χ3v) is 3.99. The SMILES string of the molecule is Cc1noc(CCNc2nc(Cl)nc3c2SCC3)n1. The van der Waals surface area contributed by atoms with Crippen molar-refractivity contribution in [1.82, 2.24) is 20.1 Å². The molecule has 8 heteroatoms. The first-order valence-corrected chi connectivity index (χ1v) is 7.31. The second kappa shape index (κ2) is 5.34. The summed E-state index contributed by atoms with van der Waals surface area (Å²) >= 11 is 7.67. The van der Waals surface area contributed by atoms with Crippen LogP contribution in [0, 0.1) is 6.92 Å². The number of anilines is 1. The predicted molar refractivity (Wildman–Crippen MR) is 72.7 cm³/mol. The van der Waals surface area contributed by atoms with Crippen LogP contribution in [0.25, 0.3) is 0 Å². The summed E-state index contributed by atoms with van der Waals surface area (Å²) in [6, 6.07) is 0. The number of hydrogen-bond acceptors (Lipinski definition) is 7. The van der Waals surface area contributed by atoms with E-state index < -0.39 is 0 Å². The molecule has 0 aliphatic carbocycles. The molecular formula is C11H12ClN5OS. The van der Waals surface area contributed by atoms with Crippen LogP contribution >= 0.6 is 23.4 Å². The van der Waals surface area contributed by atoms with Crippen molar-refractivity contribution in [2.45, 2.75) is 24.7 Å². The molecule has 0 saturated carbocycles. The molecule has 1 aliphatic rings. The number of halogens is 1. The van der Waals surface area contributed by atoms with Crippen LogP contribution in [-0.4, -0.2) is 32.4 Å². The third-order valence-electron chi connectivity index (χ3n) is 2.69. The molecule has 0 fully saturated rings. The minimum Gasteiger partial charge on any atom is -0.368 e. The molecule has 19 heavy (non-hydrogen) atoms. The Labute approximate surface area is 119 Å². The van der Waals surface area contributed by atoms with Gasteiger partial charge in [0.25, 0.3) is 0 Å². The Morgan fingerprint density at radius 2 is 2.26 bits per heavy atom. The van der Waals surface area contributed by atoms with E-state index in [1.54, 1.807) is 18.7 Å². The molecule has 0 unspecified atom stereocenters. The molecule has 2 aromatic rings. The predicted octanol–water partition coefficient (Wildman–Crippen LogP) is 2.12. The normalized spacial score (nSPS) is 13.6. The minimum atomic E-state index is 0.289. The Balaban J connectivity index is 1.67. The minimum absolute atomic E-state index is 0.289. The Morgan fingerprint density at radius 1 is 1.37 bits per heavy atom. The number of aryl methyl sites for hydroxylation is 2. The van der Waals surface area contributed by atoms with Crippen molar-refractivity contribution < 1.29 is 4.52 Å². The number of nitrogens with one attached hydrogen (secondary N) is 1. The van der Waals surface area contributed by atoms with E-state index in [0.29, 0.717) is 24.7 Å². The van der Waals surface area contributed by atoms with Crippen molar-refractivity contribution in [2.75, 3.05) is 17.6 Å². The maximum atomic E-state index is 5.92. The molecule has 3 heterocycles. The highest BCUT2D eigenvalue weighted by Gasteiger charge is 2.19. The van der Waals surface area contributed by atoms with Gasteiger partial charge < -0.3 is 9.84 Å². The Hall–Kier alpha value is -1.34. The molecule has 0 amide bonds. The second-order valence-corrected chi connectivity index (χ2v) is 5.57. The summed E-state index contributed by atoms with van der Waals surface area (Å²) in [5, 5.41) is 7.30. The van der Waals surface area contributed by atoms with E-state index in [1.807, 2.05) is 0 Å². The van der Waals surface area contributed by atoms with Gasteiger partial charge in [0.15, 0.2) is 5.82 Å². The van der Waals surface area contributed by atoms with E-state index in [-0.39, 0.29) is 5.28 Å². The highest BCUT2D eigenvalue weighted by atomic mass is 35.5. The van der Waals surface area contributed by atoms with E-state index in [1.165, 1.54) is 0 Å². The fourth-order valence-corrected chi connectivity index (χ4v) is 3.14. The van der Waals surface area contributed by atoms with Crippen LogP contribution < -0.4 is 5.32 Å². The number of rotatable bonds is 4. The molecule has 6 nitrogen and oxygen atoms in total. The van der Waals surface area contributed by atoms with Crippen molar-refractivity contribution in [1.29, 1.82) is 0 Å². The molecule has 0 spiro atoms. The van der Waals surface area contributed by atoms with Gasteiger partial charge in [0.2, 0.25) is 11.2 Å². The molecule has 100 valence electrons. The highest BCUT2D eigenvalue weighted by Crippen LogP contribution is 2.35. The van der Waals surface area contributed by atoms with Gasteiger partial charge in [-0.2, -0.15) is 9.97 Å². The van der Waals surface area contributed by atoms with Gasteiger partial charge in [-0.1, -0.05) is 5.16 Å². The van der Waals surface area contributed by atoms with Gasteiger partial charge in [-0.15, -0.1) is 11.8 Å². The van der Waals surface area contributed by atoms with Crippen molar-refractivity contribution in [2.24, 2.45) is 0 Å². The summed E-state index contributed by atoms with van der Waals surface area (Å²) in [7, 11) is 0. The lowest BCUT2D eigenvalue weighted by Gasteiger charge is -2.08. The number of fused-ring (bicyclic) bond motifs is 1. The lowest BCUT2D eigenvalue weighted by molar-refractivity contribution is 0.377. The van der Waals surface area contributed by atoms with Gasteiger partial charge in [-0.05, 0) is 18.5 Å². The molecule has 0 bridgehead atoms. The molecule has 0 atom stereocenters. The van der Waals surface area contributed by atoms with Crippen LogP contribution in [0.2, 0.25) is 5.28 Å². The standard InChI is InChI=1S/C11H12ClN5OS/c1-6-14-8(18-17-6)2-4-13-10-9-7(3-5-19-9)15-11(12)16-10/h2-5H2,1H3,(H,13,15,16). The molecule has 1 aliphatic heterocycles. The first-order valence-electron chi connectivity index (χ1n) is 5.94. The Bertz CT molecular complexity index is 603. The zero-order valence-corrected chi connectivity index (χ0v) is 11.9. The second-order valence-electron chi connectivity index (χ2n) is 4.13. The van der Waals surface area contributed by atoms with Crippen LogP contribution in [0.5, 0.6) is 0 Å². The van der Waals surface area contributed by atoms with Gasteiger partial charge in [0, 0.05) is 25.1 Å². The number of thioether (sulfide) groups is 1. The molecule has 1 N–H and O–H groups in total. The van der Waals surface area contributed by atoms with Gasteiger partial charge in [-0.3, -0.25) is 0 Å².